The van der Waals surface area contributed by atoms with E-state index < -0.39 is 11.2 Å². The Morgan fingerprint density at radius 3 is 1.09 bits per heavy atom. The van der Waals surface area contributed by atoms with Gasteiger partial charge < -0.3 is 10.2 Å². The van der Waals surface area contributed by atoms with Crippen LogP contribution >= 0.6 is 45.8 Å². The van der Waals surface area contributed by atoms with E-state index in [4.69, 9.17) is 19.9 Å². The molecule has 9 nitrogen and oxygen atoms in total. The summed E-state index contributed by atoms with van der Waals surface area (Å²) in [6.45, 7) is 57.8. The van der Waals surface area contributed by atoms with Gasteiger partial charge in [-0.1, -0.05) is 247 Å². The van der Waals surface area contributed by atoms with Crippen LogP contribution in [0.1, 0.15) is 352 Å². The molecule has 0 aromatic heterocycles. The molecule has 3 aliphatic carbocycles. The van der Waals surface area contributed by atoms with Crippen LogP contribution in [0.5, 0.6) is 0 Å². The quantitative estimate of drug-likeness (QED) is 0.0282. The van der Waals surface area contributed by atoms with Gasteiger partial charge in [-0.25, -0.2) is 19.9 Å². The topological polar surface area (TPSA) is 143 Å². The van der Waals surface area contributed by atoms with Gasteiger partial charge in [0.2, 0.25) is 0 Å². The molecule has 2 N–H and O–H groups in total. The Labute approximate surface area is 847 Å². The first kappa shape index (κ1) is 114. The zero-order valence-electron chi connectivity index (χ0n) is 88.3. The van der Waals surface area contributed by atoms with Crippen LogP contribution in [-0.4, -0.2) is 36.4 Å². The summed E-state index contributed by atoms with van der Waals surface area (Å²) >= 11 is 6.86. The highest BCUT2D eigenvalue weighted by atomic mass is 32.2. The highest BCUT2D eigenvalue weighted by Crippen LogP contribution is 2.43. The zero-order valence-corrected chi connectivity index (χ0v) is 91.6. The molecule has 13 heteroatoms. The van der Waals surface area contributed by atoms with Gasteiger partial charge in [0.15, 0.2) is 16.3 Å². The van der Waals surface area contributed by atoms with Gasteiger partial charge in [-0.2, -0.15) is 0 Å². The van der Waals surface area contributed by atoms with E-state index in [-0.39, 0.29) is 23.7 Å². The second-order valence-corrected chi connectivity index (χ2v) is 45.8. The first-order valence-corrected chi connectivity index (χ1v) is 54.4. The Kier molecular flexibility index (Phi) is 46.0. The lowest BCUT2D eigenvalue weighted by atomic mass is 9.87. The number of aliphatic hydroxyl groups is 2. The minimum absolute atomic E-state index is 0. The molecule has 0 amide bonds. The average Bonchev–Trinajstić information content (AvgIpc) is 0.772. The summed E-state index contributed by atoms with van der Waals surface area (Å²) < 4.78 is 3.30. The molecule has 4 aliphatic heterocycles. The van der Waals surface area contributed by atoms with Gasteiger partial charge in [-0.15, -0.1) is 34.0 Å². The Morgan fingerprint density at radius 1 is 0.370 bits per heavy atom. The van der Waals surface area contributed by atoms with E-state index in [9.17, 15) is 24.6 Å². The maximum Gasteiger partial charge on any atom is 0.186 e. The van der Waals surface area contributed by atoms with E-state index in [1.165, 1.54) is 115 Å². The molecular formula is C125H168N4O5S4. The SMILES string of the molecule is C.C=c1c(C)c(C)c2c(c1CC/C=C(\C)CCC=C(C)C)Sc1ccccc1N=2.CC(C)=CCC/C(C)=C/CC/C(C)=C/CC[C@@](C)(O)CCc1c2sc3ccccc3nc-2c(C)c(C)c1=O.CC(C)=CCC/C(C)=C/CC/C(C)=C/CCc1c2sc3ccccc3nc-2c(C)c(C)c1=O.Cc1c2nc3ccccc3sc-2c(CC[C@](C)(O)CCC[C@H](C)CCC[C@H](C)CCCC(C)C)c(=O)c1C. The first-order valence-electron chi connectivity index (χ1n) is 51.2. The first-order chi connectivity index (χ1) is 65.1. The van der Waals surface area contributed by atoms with E-state index in [1.807, 2.05) is 116 Å². The highest BCUT2D eigenvalue weighted by molar-refractivity contribution is 7.99. The fourth-order valence-electron chi connectivity index (χ4n) is 18.2. The number of benzene rings is 8. The van der Waals surface area contributed by atoms with Crippen molar-refractivity contribution < 1.29 is 10.2 Å². The lowest BCUT2D eigenvalue weighted by Gasteiger charge is -2.25. The molecule has 5 aromatic carbocycles. The molecule has 0 bridgehead atoms. The summed E-state index contributed by atoms with van der Waals surface area (Å²) in [6.07, 6.45) is 48.3. The molecule has 7 aliphatic rings. The summed E-state index contributed by atoms with van der Waals surface area (Å²) in [7, 11) is 0. The van der Waals surface area contributed by atoms with Crippen molar-refractivity contribution in [3.8, 4) is 31.7 Å². The number of rotatable bonds is 42. The van der Waals surface area contributed by atoms with Crippen LogP contribution in [0.15, 0.2) is 219 Å². The van der Waals surface area contributed by atoms with Crippen LogP contribution in [0, 0.1) is 73.1 Å². The summed E-state index contributed by atoms with van der Waals surface area (Å²) in [4.78, 5) is 65.0. The van der Waals surface area contributed by atoms with Gasteiger partial charge in [-0.3, -0.25) is 14.4 Å². The van der Waals surface area contributed by atoms with Crippen molar-refractivity contribution in [2.75, 3.05) is 0 Å². The molecule has 0 saturated carbocycles. The maximum absolute atomic E-state index is 13.3. The van der Waals surface area contributed by atoms with Gasteiger partial charge in [0.05, 0.1) is 84.6 Å². The highest BCUT2D eigenvalue weighted by Gasteiger charge is 2.30. The van der Waals surface area contributed by atoms with E-state index >= 15 is 0 Å². The molecule has 0 fully saturated rings. The normalized spacial score (nSPS) is 13.7. The maximum atomic E-state index is 13.3. The van der Waals surface area contributed by atoms with Crippen LogP contribution in [0.2, 0.25) is 0 Å². The number of allylic oxidation sites excluding steroid dienone is 16. The molecule has 4 atom stereocenters. The Morgan fingerprint density at radius 2 is 0.696 bits per heavy atom. The molecule has 138 heavy (non-hydrogen) atoms. The molecule has 12 rings (SSSR count). The van der Waals surface area contributed by atoms with Gasteiger partial charge in [0.1, 0.15) is 0 Å². The third-order valence-electron chi connectivity index (χ3n) is 27.9. The van der Waals surface area contributed by atoms with Crippen molar-refractivity contribution in [2.45, 2.75) is 388 Å². The van der Waals surface area contributed by atoms with E-state index in [2.05, 4.69) is 221 Å². The zero-order chi connectivity index (χ0) is 100.0. The van der Waals surface area contributed by atoms with E-state index in [0.29, 0.717) is 38.0 Å². The summed E-state index contributed by atoms with van der Waals surface area (Å²) in [5, 5.41) is 24.7. The molecule has 0 radical (unpaired) electrons. The van der Waals surface area contributed by atoms with Crippen molar-refractivity contribution in [3.63, 3.8) is 0 Å². The lowest BCUT2D eigenvalue weighted by Crippen LogP contribution is -2.27. The van der Waals surface area contributed by atoms with Gasteiger partial charge >= 0.3 is 0 Å². The molecule has 742 valence electrons. The van der Waals surface area contributed by atoms with Crippen molar-refractivity contribution >= 4 is 88.7 Å². The average molecular weight is 1940 g/mol. The number of hydrogen-bond acceptors (Lipinski definition) is 13. The molecule has 0 unspecified atom stereocenters. The predicted molar refractivity (Wildman–Crippen MR) is 607 cm³/mol. The fraction of sp³-hybridized carbons (Fsp3) is 0.480. The summed E-state index contributed by atoms with van der Waals surface area (Å²) in [5.74, 6) is 2.36. The van der Waals surface area contributed by atoms with Gasteiger partial charge in [0, 0.05) is 43.2 Å². The van der Waals surface area contributed by atoms with Crippen LogP contribution < -0.4 is 26.9 Å². The molecule has 0 spiro atoms. The molecule has 5 aromatic rings. The fourth-order valence-corrected chi connectivity index (χ4v) is 23.0. The Balaban J connectivity index is 0.000000227. The van der Waals surface area contributed by atoms with Gasteiger partial charge in [0.25, 0.3) is 0 Å². The van der Waals surface area contributed by atoms with Crippen LogP contribution in [0.3, 0.4) is 0 Å². The standard InChI is InChI=1S/C34H51NO2S.C34H45NO2S.C30H37NOS.C26H31NS.CH4/c2*1-23(2)13-10-14-24(3)15-11-16-25(4)17-12-21-34(7,37)22-20-28-32(36)27(6)26(5)31-33(28)38-30-19-9-8-18-29(30)35-31;1-20(2)12-9-13-21(3)14-10-15-22(4)16-11-17-25-29(32)24(6)23(5)28-30(25)33-27-19-8-7-18-26(27)31-28;1-17(2)11-9-12-18(3)13-10-14-22-20(5)19(4)21(6)25-26(22)28-24-16-8-7-15-23(24)27-25;/h8-9,18-19,23-25,37H,10-17,20-22H2,1-7H3;8-9,13,15,17-19,37H,10-12,14,16,20-22H2,1-7H3;7-8,12,14,16,18-19H,9-11,13,15,17H2,1-6H3;7-8,11,13,15-16H,5,9-10,12,14H2,1-4,6H3;1H4/b;24-15+,25-17+;21-14+,22-16+;18-13+;/t24-,25-,34-;34-;;;/m11.../s1. The van der Waals surface area contributed by atoms with E-state index in [0.717, 1.165) is 251 Å². The monoisotopic (exact) mass is 1930 g/mol. The Bertz CT molecular complexity index is 6390. The van der Waals surface area contributed by atoms with Crippen molar-refractivity contribution in [1.29, 1.82) is 0 Å². The lowest BCUT2D eigenvalue weighted by molar-refractivity contribution is 0.0385. The third-order valence-corrected chi connectivity index (χ3v) is 32.8. The third kappa shape index (κ3) is 34.2. The van der Waals surface area contributed by atoms with Crippen molar-refractivity contribution in [3.05, 3.63) is 298 Å². The minimum atomic E-state index is -0.829. The second-order valence-electron chi connectivity index (χ2n) is 41.6. The van der Waals surface area contributed by atoms with Crippen LogP contribution in [0.4, 0.5) is 5.69 Å². The van der Waals surface area contributed by atoms with Crippen molar-refractivity contribution in [1.82, 2.24) is 15.0 Å². The molecular weight excluding hydrogens is 1770 g/mol. The number of hydrogen-bond donors (Lipinski definition) is 2. The smallest absolute Gasteiger partial charge is 0.186 e. The second kappa shape index (κ2) is 55.5. The van der Waals surface area contributed by atoms with Crippen LogP contribution in [0.25, 0.3) is 68.9 Å². The summed E-state index contributed by atoms with van der Waals surface area (Å²) in [5.41, 5.74) is 28.8. The largest absolute Gasteiger partial charge is 0.390 e. The van der Waals surface area contributed by atoms with Crippen LogP contribution in [-0.2, 0) is 25.7 Å². The summed E-state index contributed by atoms with van der Waals surface area (Å²) in [6, 6.07) is 32.8. The minimum Gasteiger partial charge on any atom is -0.390 e. The predicted octanol–water partition coefficient (Wildman–Crippen LogP) is 34.9. The number of fused-ring (bicyclic) bond motifs is 8. The number of para-hydroxylation sites is 4. The number of aromatic nitrogens is 3. The van der Waals surface area contributed by atoms with Gasteiger partial charge in [-0.05, 0) is 385 Å². The van der Waals surface area contributed by atoms with E-state index in [1.54, 1.807) is 34.0 Å². The van der Waals surface area contributed by atoms with Crippen molar-refractivity contribution in [2.24, 2.45) is 22.7 Å². The number of nitrogens with zero attached hydrogens (tertiary/aromatic N) is 4. The molecule has 4 heterocycles. The molecule has 0 saturated heterocycles. The Hall–Kier alpha value is -8.92.